The molecule has 2 rings (SSSR count). The molecule has 0 radical (unpaired) electrons. The highest BCUT2D eigenvalue weighted by Gasteiger charge is 2.22. The Balaban J connectivity index is 1.79. The van der Waals surface area contributed by atoms with Gasteiger partial charge in [0, 0.05) is 32.8 Å². The fourth-order valence-electron chi connectivity index (χ4n) is 2.60. The van der Waals surface area contributed by atoms with Crippen LogP contribution in [-0.4, -0.2) is 44.2 Å². The minimum atomic E-state index is 0.720. The van der Waals surface area contributed by atoms with Crippen LogP contribution in [0, 0.1) is 11.8 Å². The van der Waals surface area contributed by atoms with Gasteiger partial charge in [-0.3, -0.25) is 0 Å². The fraction of sp³-hybridized carbons (Fsp3) is 0.684. The molecule has 0 saturated carbocycles. The van der Waals surface area contributed by atoms with E-state index >= 15 is 0 Å². The van der Waals surface area contributed by atoms with Crippen LogP contribution in [0.1, 0.15) is 20.8 Å². The maximum Gasteiger partial charge on any atom is 0.0536 e. The zero-order valence-electron chi connectivity index (χ0n) is 15.6. The van der Waals surface area contributed by atoms with E-state index < -0.39 is 0 Å². The van der Waals surface area contributed by atoms with Crippen LogP contribution in [0.2, 0.25) is 0 Å². The van der Waals surface area contributed by atoms with Gasteiger partial charge in [0.25, 0.3) is 0 Å². The number of benzene rings is 1. The van der Waals surface area contributed by atoms with Crippen molar-refractivity contribution in [1.29, 1.82) is 0 Å². The molecule has 0 nitrogen and oxygen atoms in total. The average Bonchev–Trinajstić information content (AvgIpc) is 3.17. The van der Waals surface area contributed by atoms with Crippen LogP contribution in [0.5, 0.6) is 0 Å². The van der Waals surface area contributed by atoms with Crippen LogP contribution in [0.25, 0.3) is 0 Å². The topological polar surface area (TPSA) is 0 Å². The summed E-state index contributed by atoms with van der Waals surface area (Å²) in [5.74, 6) is 7.84. The lowest BCUT2D eigenvalue weighted by molar-refractivity contribution is 0.734. The highest BCUT2D eigenvalue weighted by Crippen LogP contribution is 2.39. The normalized spacial score (nSPS) is 19.0. The molecule has 1 aliphatic rings. The van der Waals surface area contributed by atoms with Crippen molar-refractivity contribution in [1.82, 2.24) is 0 Å². The zero-order valence-corrected chi connectivity index (χ0v) is 20.5. The third kappa shape index (κ3) is 8.06. The maximum absolute atomic E-state index is 2.41. The lowest BCUT2D eigenvalue weighted by Crippen LogP contribution is -2.13. The second kappa shape index (κ2) is 12.7. The third-order valence-corrected chi connectivity index (χ3v) is 13.1. The summed E-state index contributed by atoms with van der Waals surface area (Å²) >= 11 is 12.5. The molecule has 3 unspecified atom stereocenters. The lowest BCUT2D eigenvalue weighted by atomic mass is 10.3. The summed E-state index contributed by atoms with van der Waals surface area (Å²) in [7, 11) is 0. The van der Waals surface area contributed by atoms with Crippen LogP contribution in [0.3, 0.4) is 0 Å². The quantitative estimate of drug-likeness (QED) is 0.253. The lowest BCUT2D eigenvalue weighted by Gasteiger charge is -2.21. The molecule has 1 heterocycles. The first-order chi connectivity index (χ1) is 12.1. The molecule has 0 amide bonds. The Bertz CT molecular complexity index is 489. The van der Waals surface area contributed by atoms with E-state index in [0.717, 1.165) is 21.0 Å². The summed E-state index contributed by atoms with van der Waals surface area (Å²) in [6.07, 6.45) is 2.24. The SMILES string of the molecule is CCSC(SC)C(C)CSc1cccc(SCC(C)C2SCCS2)c1. The molecule has 0 aromatic heterocycles. The minimum Gasteiger partial charge on any atom is -0.151 e. The number of thioether (sulfide) groups is 6. The standard InChI is InChI=1S/C19H30S6/c1-5-21-18(20-4)14(2)12-24-16-7-6-8-17(11-16)25-13-15(3)19-22-9-10-23-19/h6-8,11,14-15,18-19H,5,9-10,12-13H2,1-4H3. The van der Waals surface area contributed by atoms with E-state index in [4.69, 9.17) is 0 Å². The van der Waals surface area contributed by atoms with Gasteiger partial charge in [0.05, 0.1) is 9.16 Å². The average molecular weight is 451 g/mol. The van der Waals surface area contributed by atoms with Crippen LogP contribution in [0.4, 0.5) is 0 Å². The van der Waals surface area contributed by atoms with Crippen LogP contribution in [0.15, 0.2) is 34.1 Å². The number of hydrogen-bond acceptors (Lipinski definition) is 6. The molecule has 142 valence electrons. The summed E-state index contributed by atoms with van der Waals surface area (Å²) in [5.41, 5.74) is 0. The van der Waals surface area contributed by atoms with Crippen molar-refractivity contribution < 1.29 is 0 Å². The van der Waals surface area contributed by atoms with Crippen molar-refractivity contribution in [2.24, 2.45) is 11.8 Å². The summed E-state index contributed by atoms with van der Waals surface area (Å²) < 4.78 is 1.53. The summed E-state index contributed by atoms with van der Waals surface area (Å²) in [5, 5.41) is 0. The van der Waals surface area contributed by atoms with Gasteiger partial charge < -0.3 is 0 Å². The van der Waals surface area contributed by atoms with Gasteiger partial charge in [-0.15, -0.1) is 58.8 Å². The first kappa shape index (κ1) is 22.6. The second-order valence-electron chi connectivity index (χ2n) is 6.22. The van der Waals surface area contributed by atoms with Gasteiger partial charge in [-0.05, 0) is 42.0 Å². The van der Waals surface area contributed by atoms with Crippen LogP contribution in [-0.2, 0) is 0 Å². The molecule has 0 N–H and O–H groups in total. The highest BCUT2D eigenvalue weighted by atomic mass is 32.2. The predicted molar refractivity (Wildman–Crippen MR) is 130 cm³/mol. The van der Waals surface area contributed by atoms with E-state index in [1.807, 2.05) is 35.3 Å². The van der Waals surface area contributed by atoms with Crippen molar-refractivity contribution in [3.8, 4) is 0 Å². The first-order valence-electron chi connectivity index (χ1n) is 8.87. The molecule has 1 saturated heterocycles. The third-order valence-electron chi connectivity index (χ3n) is 3.97. The Hall–Kier alpha value is 1.32. The van der Waals surface area contributed by atoms with E-state index in [9.17, 15) is 0 Å². The van der Waals surface area contributed by atoms with E-state index in [0.29, 0.717) is 0 Å². The van der Waals surface area contributed by atoms with Gasteiger partial charge in [0.1, 0.15) is 0 Å². The van der Waals surface area contributed by atoms with Crippen molar-refractivity contribution in [2.75, 3.05) is 35.0 Å². The largest absolute Gasteiger partial charge is 0.151 e. The monoisotopic (exact) mass is 450 g/mol. The molecule has 1 aliphatic heterocycles. The number of rotatable bonds is 11. The van der Waals surface area contributed by atoms with Gasteiger partial charge >= 0.3 is 0 Å². The van der Waals surface area contributed by atoms with Gasteiger partial charge in [0.2, 0.25) is 0 Å². The Kier molecular flexibility index (Phi) is 11.5. The molecule has 0 bridgehead atoms. The van der Waals surface area contributed by atoms with Crippen molar-refractivity contribution in [3.63, 3.8) is 0 Å². The van der Waals surface area contributed by atoms with E-state index in [-0.39, 0.29) is 0 Å². The van der Waals surface area contributed by atoms with Gasteiger partial charge in [-0.2, -0.15) is 11.8 Å². The van der Waals surface area contributed by atoms with Crippen molar-refractivity contribution in [2.45, 2.75) is 39.7 Å². The summed E-state index contributed by atoms with van der Waals surface area (Å²) in [6, 6.07) is 9.17. The molecule has 25 heavy (non-hydrogen) atoms. The molecular formula is C19H30S6. The Morgan fingerprint density at radius 2 is 1.72 bits per heavy atom. The molecule has 1 aromatic carbocycles. The molecule has 0 spiro atoms. The fourth-order valence-corrected chi connectivity index (χ4v) is 10.5. The smallest absolute Gasteiger partial charge is 0.0536 e. The molecule has 0 aliphatic carbocycles. The summed E-state index contributed by atoms with van der Waals surface area (Å²) in [6.45, 7) is 7.07. The van der Waals surface area contributed by atoms with Crippen LogP contribution < -0.4 is 0 Å². The summed E-state index contributed by atoms with van der Waals surface area (Å²) in [4.78, 5) is 2.86. The molecule has 3 atom stereocenters. The second-order valence-corrected chi connectivity index (χ2v) is 13.9. The van der Waals surface area contributed by atoms with Crippen LogP contribution >= 0.6 is 70.6 Å². The first-order valence-corrected chi connectivity index (χ1v) is 15.3. The van der Waals surface area contributed by atoms with E-state index in [1.165, 1.54) is 38.6 Å². The predicted octanol–water partition coefficient (Wildman–Crippen LogP) is 7.39. The van der Waals surface area contributed by atoms with Gasteiger partial charge in [-0.25, -0.2) is 0 Å². The minimum absolute atomic E-state index is 0.720. The zero-order chi connectivity index (χ0) is 18.1. The molecule has 1 fully saturated rings. The molecule has 6 heteroatoms. The Labute approximate surface area is 180 Å². The number of hydrogen-bond donors (Lipinski definition) is 0. The Morgan fingerprint density at radius 1 is 1.08 bits per heavy atom. The maximum atomic E-state index is 2.41. The van der Waals surface area contributed by atoms with Gasteiger partial charge in [0.15, 0.2) is 0 Å². The molecular weight excluding hydrogens is 421 g/mol. The highest BCUT2D eigenvalue weighted by molar-refractivity contribution is 8.20. The van der Waals surface area contributed by atoms with Crippen molar-refractivity contribution >= 4 is 70.6 Å². The van der Waals surface area contributed by atoms with E-state index in [2.05, 4.69) is 86.6 Å². The van der Waals surface area contributed by atoms with Gasteiger partial charge in [-0.1, -0.05) is 26.8 Å². The molecule has 1 aromatic rings. The van der Waals surface area contributed by atoms with Crippen molar-refractivity contribution in [3.05, 3.63) is 24.3 Å². The Morgan fingerprint density at radius 3 is 2.32 bits per heavy atom. The van der Waals surface area contributed by atoms with E-state index in [1.54, 1.807) is 0 Å².